The summed E-state index contributed by atoms with van der Waals surface area (Å²) in [4.78, 5) is 42.2. The third-order valence-electron chi connectivity index (χ3n) is 8.42. The van der Waals surface area contributed by atoms with Crippen LogP contribution in [0.4, 0.5) is 0 Å². The first kappa shape index (κ1) is 27.4. The van der Waals surface area contributed by atoms with Crippen molar-refractivity contribution in [2.24, 2.45) is 0 Å². The van der Waals surface area contributed by atoms with E-state index in [1.807, 2.05) is 45.5 Å². The van der Waals surface area contributed by atoms with Crippen LogP contribution in [0.1, 0.15) is 63.3 Å². The van der Waals surface area contributed by atoms with Gasteiger partial charge in [0, 0.05) is 68.1 Å². The third kappa shape index (κ3) is 5.69. The fraction of sp³-hybridized carbons (Fsp3) is 0.375. The predicted molar refractivity (Wildman–Crippen MR) is 161 cm³/mol. The molecule has 2 saturated heterocycles. The van der Waals surface area contributed by atoms with Gasteiger partial charge in [0.2, 0.25) is 0 Å². The van der Waals surface area contributed by atoms with Gasteiger partial charge in [0.05, 0.1) is 17.6 Å². The first-order valence-electron chi connectivity index (χ1n) is 14.3. The fourth-order valence-corrected chi connectivity index (χ4v) is 6.87. The van der Waals surface area contributed by atoms with E-state index in [0.29, 0.717) is 49.4 Å². The van der Waals surface area contributed by atoms with E-state index < -0.39 is 0 Å². The maximum Gasteiger partial charge on any atom is 0.273 e. The highest BCUT2D eigenvalue weighted by Gasteiger charge is 2.30. The van der Waals surface area contributed by atoms with Crippen molar-refractivity contribution < 1.29 is 14.3 Å². The largest absolute Gasteiger partial charge is 0.496 e. The Labute approximate surface area is 244 Å². The van der Waals surface area contributed by atoms with Crippen LogP contribution in [0, 0.1) is 0 Å². The van der Waals surface area contributed by atoms with Gasteiger partial charge in [0.15, 0.2) is 0 Å². The zero-order valence-electron chi connectivity index (χ0n) is 23.5. The number of ether oxygens (including phenoxy) is 1. The number of hydrogen-bond donors (Lipinski definition) is 0. The molecule has 2 aliphatic heterocycles. The van der Waals surface area contributed by atoms with E-state index in [1.54, 1.807) is 24.5 Å². The molecular weight excluding hydrogens is 534 g/mol. The van der Waals surface area contributed by atoms with Crippen molar-refractivity contribution >= 4 is 34.1 Å². The van der Waals surface area contributed by atoms with Crippen molar-refractivity contribution in [3.63, 3.8) is 0 Å². The summed E-state index contributed by atoms with van der Waals surface area (Å²) >= 11 is 1.56. The molecule has 2 fully saturated rings. The molecule has 2 aliphatic rings. The second-order valence-electron chi connectivity index (χ2n) is 10.8. The summed E-state index contributed by atoms with van der Waals surface area (Å²) < 4.78 is 5.53. The molecule has 2 aromatic carbocycles. The fourth-order valence-electron chi connectivity index (χ4n) is 5.90. The van der Waals surface area contributed by atoms with E-state index in [-0.39, 0.29) is 17.7 Å². The molecule has 2 aromatic heterocycles. The zero-order chi connectivity index (χ0) is 28.3. The van der Waals surface area contributed by atoms with E-state index >= 15 is 0 Å². The van der Waals surface area contributed by atoms with Gasteiger partial charge in [0.25, 0.3) is 11.8 Å². The molecule has 4 heterocycles. The van der Waals surface area contributed by atoms with E-state index in [0.717, 1.165) is 41.8 Å². The number of fused-ring (bicyclic) bond motifs is 1. The molecule has 9 heteroatoms. The summed E-state index contributed by atoms with van der Waals surface area (Å²) in [7, 11) is 1.61. The molecule has 0 bridgehead atoms. The second-order valence-corrected chi connectivity index (χ2v) is 11.7. The van der Waals surface area contributed by atoms with Crippen LogP contribution in [0.25, 0.3) is 10.9 Å². The summed E-state index contributed by atoms with van der Waals surface area (Å²) in [5, 5.41) is 3.78. The lowest BCUT2D eigenvalue weighted by Crippen LogP contribution is -2.49. The summed E-state index contributed by atoms with van der Waals surface area (Å²) in [6.45, 7) is 6.60. The standard InChI is InChI=1S/C32H35N5O3S/c1-22(23-8-4-3-5-9-23)35-16-18-37(19-17-35)32(39)28-21-41-30(34-28)24-12-14-36(15-13-24)31(38)27-20-29(40-2)25-10-6-7-11-26(25)33-27/h3-11,20-22,24H,12-19H2,1-2H3. The van der Waals surface area contributed by atoms with Crippen molar-refractivity contribution in [2.75, 3.05) is 46.4 Å². The minimum Gasteiger partial charge on any atom is -0.496 e. The number of aromatic nitrogens is 2. The minimum absolute atomic E-state index is 0.0171. The molecule has 0 N–H and O–H groups in total. The highest BCUT2D eigenvalue weighted by atomic mass is 32.1. The Balaban J connectivity index is 1.04. The van der Waals surface area contributed by atoms with Crippen LogP contribution < -0.4 is 4.74 Å². The quantitative estimate of drug-likeness (QED) is 0.316. The molecule has 8 nitrogen and oxygen atoms in total. The lowest BCUT2D eigenvalue weighted by molar-refractivity contribution is 0.0577. The lowest BCUT2D eigenvalue weighted by Gasteiger charge is -2.38. The summed E-state index contributed by atoms with van der Waals surface area (Å²) in [6.07, 6.45) is 1.63. The summed E-state index contributed by atoms with van der Waals surface area (Å²) in [5.41, 5.74) is 2.99. The number of carbonyl (C=O) groups excluding carboxylic acids is 2. The van der Waals surface area contributed by atoms with E-state index in [4.69, 9.17) is 9.72 Å². The second kappa shape index (κ2) is 12.0. The zero-order valence-corrected chi connectivity index (χ0v) is 24.3. The third-order valence-corrected chi connectivity index (χ3v) is 9.43. The molecule has 0 aliphatic carbocycles. The van der Waals surface area contributed by atoms with Crippen LogP contribution >= 0.6 is 11.3 Å². The van der Waals surface area contributed by atoms with Gasteiger partial charge in [-0.3, -0.25) is 14.5 Å². The molecule has 4 aromatic rings. The molecule has 212 valence electrons. The average molecular weight is 570 g/mol. The number of amides is 2. The van der Waals surface area contributed by atoms with Gasteiger partial charge >= 0.3 is 0 Å². The van der Waals surface area contributed by atoms with E-state index in [1.165, 1.54) is 5.56 Å². The van der Waals surface area contributed by atoms with E-state index in [9.17, 15) is 9.59 Å². The predicted octanol–water partition coefficient (Wildman–Crippen LogP) is 5.24. The topological polar surface area (TPSA) is 78.9 Å². The van der Waals surface area contributed by atoms with Crippen molar-refractivity contribution in [3.8, 4) is 5.75 Å². The average Bonchev–Trinajstić information content (AvgIpc) is 3.54. The Morgan fingerprint density at radius 3 is 2.24 bits per heavy atom. The first-order valence-corrected chi connectivity index (χ1v) is 15.2. The van der Waals surface area contributed by atoms with Crippen molar-refractivity contribution in [2.45, 2.75) is 31.7 Å². The molecule has 6 rings (SSSR count). The van der Waals surface area contributed by atoms with Gasteiger partial charge in [-0.05, 0) is 37.5 Å². The molecule has 1 unspecified atom stereocenters. The number of thiazole rings is 1. The van der Waals surface area contributed by atoms with Crippen molar-refractivity contribution in [3.05, 3.63) is 88.0 Å². The van der Waals surface area contributed by atoms with Gasteiger partial charge in [0.1, 0.15) is 17.1 Å². The van der Waals surface area contributed by atoms with Crippen molar-refractivity contribution in [1.82, 2.24) is 24.7 Å². The number of nitrogens with zero attached hydrogens (tertiary/aromatic N) is 5. The molecule has 1 atom stereocenters. The van der Waals surface area contributed by atoms with Crippen LogP contribution in [-0.2, 0) is 0 Å². The number of benzene rings is 2. The smallest absolute Gasteiger partial charge is 0.273 e. The van der Waals surface area contributed by atoms with Crippen LogP contribution in [-0.4, -0.2) is 82.9 Å². The Kier molecular flexibility index (Phi) is 7.98. The highest BCUT2D eigenvalue weighted by molar-refractivity contribution is 7.09. The number of para-hydroxylation sites is 1. The van der Waals surface area contributed by atoms with Gasteiger partial charge in [-0.25, -0.2) is 9.97 Å². The summed E-state index contributed by atoms with van der Waals surface area (Å²) in [6, 6.07) is 20.3. The van der Waals surface area contributed by atoms with Gasteiger partial charge in [-0.2, -0.15) is 0 Å². The van der Waals surface area contributed by atoms with Crippen LogP contribution in [0.15, 0.2) is 66.0 Å². The molecule has 0 saturated carbocycles. The molecule has 0 spiro atoms. The Bertz CT molecular complexity index is 1520. The molecule has 41 heavy (non-hydrogen) atoms. The number of piperidine rings is 1. The monoisotopic (exact) mass is 569 g/mol. The molecule has 0 radical (unpaired) electrons. The van der Waals surface area contributed by atoms with E-state index in [2.05, 4.69) is 41.1 Å². The lowest BCUT2D eigenvalue weighted by atomic mass is 9.97. The minimum atomic E-state index is -0.0803. The number of rotatable bonds is 6. The van der Waals surface area contributed by atoms with Crippen LogP contribution in [0.5, 0.6) is 5.75 Å². The number of likely N-dealkylation sites (tertiary alicyclic amines) is 1. The van der Waals surface area contributed by atoms with Gasteiger partial charge < -0.3 is 14.5 Å². The Hall–Kier alpha value is -3.82. The molecular formula is C32H35N5O3S. The molecule has 2 amide bonds. The van der Waals surface area contributed by atoms with Crippen LogP contribution in [0.3, 0.4) is 0 Å². The van der Waals surface area contributed by atoms with Gasteiger partial charge in [-0.1, -0.05) is 42.5 Å². The number of methoxy groups -OCH3 is 1. The van der Waals surface area contributed by atoms with Gasteiger partial charge in [-0.15, -0.1) is 11.3 Å². The Morgan fingerprint density at radius 1 is 0.854 bits per heavy atom. The number of pyridine rings is 1. The number of piperazine rings is 1. The van der Waals surface area contributed by atoms with Crippen molar-refractivity contribution in [1.29, 1.82) is 0 Å². The van der Waals surface area contributed by atoms with Crippen LogP contribution in [0.2, 0.25) is 0 Å². The highest BCUT2D eigenvalue weighted by Crippen LogP contribution is 2.32. The maximum absolute atomic E-state index is 13.3. The maximum atomic E-state index is 13.3. The SMILES string of the molecule is COc1cc(C(=O)N2CCC(c3nc(C(=O)N4CCN(C(C)c5ccccc5)CC4)cs3)CC2)nc2ccccc12. The number of carbonyl (C=O) groups is 2. The first-order chi connectivity index (χ1) is 20.0. The normalized spacial score (nSPS) is 17.5. The summed E-state index contributed by atoms with van der Waals surface area (Å²) in [5.74, 6) is 0.834. The number of hydrogen-bond acceptors (Lipinski definition) is 7. The Morgan fingerprint density at radius 2 is 1.51 bits per heavy atom.